The molecule has 1 aromatic carbocycles. The second-order valence-electron chi connectivity index (χ2n) is 4.78. The summed E-state index contributed by atoms with van der Waals surface area (Å²) in [5.74, 6) is 0. The topological polar surface area (TPSA) is 47.6 Å². The summed E-state index contributed by atoms with van der Waals surface area (Å²) >= 11 is 0. The first-order chi connectivity index (χ1) is 8.31. The summed E-state index contributed by atoms with van der Waals surface area (Å²) in [5, 5.41) is 2.86. The van der Waals surface area contributed by atoms with Gasteiger partial charge < -0.3 is 0 Å². The summed E-state index contributed by atoms with van der Waals surface area (Å²) in [6, 6.07) is 7.60. The van der Waals surface area contributed by atoms with Gasteiger partial charge in [0.05, 0.1) is 12.2 Å². The van der Waals surface area contributed by atoms with Crippen molar-refractivity contribution in [2.45, 2.75) is 46.8 Å². The lowest BCUT2D eigenvalue weighted by molar-refractivity contribution is 0.146. The second-order valence-corrected chi connectivity index (χ2v) is 6.42. The van der Waals surface area contributed by atoms with Crippen LogP contribution in [0.2, 0.25) is 0 Å². The highest BCUT2D eigenvalue weighted by molar-refractivity contribution is 7.55. The van der Waals surface area contributed by atoms with Crippen LogP contribution in [-0.2, 0) is 13.6 Å². The van der Waals surface area contributed by atoms with Crippen LogP contribution in [0.15, 0.2) is 24.3 Å². The van der Waals surface area contributed by atoms with E-state index in [1.807, 2.05) is 58.9 Å². The van der Waals surface area contributed by atoms with Crippen molar-refractivity contribution in [1.29, 1.82) is 0 Å². The highest BCUT2D eigenvalue weighted by Crippen LogP contribution is 2.50. The average molecular weight is 271 g/mol. The maximum atomic E-state index is 12.5. The van der Waals surface area contributed by atoms with Gasteiger partial charge in [-0.2, -0.15) is 0 Å². The number of hydrogen-bond donors (Lipinski definition) is 1. The minimum Gasteiger partial charge on any atom is -0.293 e. The number of benzene rings is 1. The molecular formula is C13H22NO3P. The van der Waals surface area contributed by atoms with Crippen LogP contribution >= 0.6 is 7.75 Å². The Balaban J connectivity index is 2.84. The lowest BCUT2D eigenvalue weighted by atomic mass is 10.2. The summed E-state index contributed by atoms with van der Waals surface area (Å²) in [4.78, 5) is 0. The van der Waals surface area contributed by atoms with E-state index in [-0.39, 0.29) is 12.2 Å². The SMILES string of the molecule is Cc1ccc(NP(=O)(OC(C)C)OC(C)C)cc1. The molecule has 0 aliphatic rings. The summed E-state index contributed by atoms with van der Waals surface area (Å²) < 4.78 is 23.3. The van der Waals surface area contributed by atoms with Gasteiger partial charge in [-0.05, 0) is 46.8 Å². The zero-order valence-corrected chi connectivity index (χ0v) is 12.5. The van der Waals surface area contributed by atoms with Gasteiger partial charge in [-0.1, -0.05) is 17.7 Å². The first kappa shape index (κ1) is 15.2. The Labute approximate surface area is 109 Å². The third-order valence-electron chi connectivity index (χ3n) is 2.02. The smallest absolute Gasteiger partial charge is 0.293 e. The summed E-state index contributed by atoms with van der Waals surface area (Å²) in [5.41, 5.74) is 1.87. The van der Waals surface area contributed by atoms with Crippen molar-refractivity contribution in [1.82, 2.24) is 0 Å². The molecule has 0 unspecified atom stereocenters. The Bertz CT molecular complexity index is 401. The average Bonchev–Trinajstić information content (AvgIpc) is 2.18. The van der Waals surface area contributed by atoms with E-state index in [1.165, 1.54) is 0 Å². The molecule has 0 saturated heterocycles. The Morgan fingerprint density at radius 1 is 1.00 bits per heavy atom. The molecule has 0 saturated carbocycles. The van der Waals surface area contributed by atoms with Crippen LogP contribution in [0.25, 0.3) is 0 Å². The van der Waals surface area contributed by atoms with E-state index in [0.29, 0.717) is 0 Å². The molecule has 0 bridgehead atoms. The first-order valence-corrected chi connectivity index (χ1v) is 7.67. The predicted octanol–water partition coefficient (Wildman–Crippen LogP) is 4.37. The van der Waals surface area contributed by atoms with E-state index < -0.39 is 7.75 Å². The maximum absolute atomic E-state index is 12.5. The number of aryl methyl sites for hydroxylation is 1. The number of anilines is 1. The van der Waals surface area contributed by atoms with Gasteiger partial charge in [0.1, 0.15) is 0 Å². The van der Waals surface area contributed by atoms with Crippen molar-refractivity contribution in [3.05, 3.63) is 29.8 Å². The van der Waals surface area contributed by atoms with Gasteiger partial charge in [0.2, 0.25) is 0 Å². The van der Waals surface area contributed by atoms with Crippen molar-refractivity contribution in [2.75, 3.05) is 5.09 Å². The molecule has 1 rings (SSSR count). The van der Waals surface area contributed by atoms with Crippen LogP contribution in [-0.4, -0.2) is 12.2 Å². The monoisotopic (exact) mass is 271 g/mol. The molecule has 18 heavy (non-hydrogen) atoms. The molecular weight excluding hydrogens is 249 g/mol. The van der Waals surface area contributed by atoms with E-state index in [4.69, 9.17) is 9.05 Å². The Morgan fingerprint density at radius 3 is 1.83 bits per heavy atom. The molecule has 0 radical (unpaired) electrons. The van der Waals surface area contributed by atoms with Crippen molar-refractivity contribution in [3.63, 3.8) is 0 Å². The Kier molecular flexibility index (Phi) is 5.39. The molecule has 0 aliphatic heterocycles. The van der Waals surface area contributed by atoms with Gasteiger partial charge in [-0.3, -0.25) is 14.1 Å². The maximum Gasteiger partial charge on any atom is 0.433 e. The molecule has 0 heterocycles. The summed E-state index contributed by atoms with van der Waals surface area (Å²) in [6.45, 7) is 9.30. The molecule has 0 aromatic heterocycles. The first-order valence-electron chi connectivity index (χ1n) is 6.12. The van der Waals surface area contributed by atoms with Gasteiger partial charge in [-0.15, -0.1) is 0 Å². The fraction of sp³-hybridized carbons (Fsp3) is 0.538. The molecule has 0 amide bonds. The fourth-order valence-corrected chi connectivity index (χ4v) is 3.15. The molecule has 1 aromatic rings. The Morgan fingerprint density at radius 2 is 1.44 bits per heavy atom. The number of nitrogens with one attached hydrogen (secondary N) is 1. The predicted molar refractivity (Wildman–Crippen MR) is 74.9 cm³/mol. The van der Waals surface area contributed by atoms with Gasteiger partial charge in [0, 0.05) is 5.69 Å². The lowest BCUT2D eigenvalue weighted by Crippen LogP contribution is -2.13. The normalized spacial score (nSPS) is 12.2. The van der Waals surface area contributed by atoms with Gasteiger partial charge >= 0.3 is 7.75 Å². The van der Waals surface area contributed by atoms with Crippen molar-refractivity contribution in [3.8, 4) is 0 Å². The molecule has 102 valence electrons. The van der Waals surface area contributed by atoms with E-state index in [2.05, 4.69) is 5.09 Å². The van der Waals surface area contributed by atoms with Gasteiger partial charge in [0.25, 0.3) is 0 Å². The Hall–Kier alpha value is -0.830. The number of rotatable bonds is 6. The highest BCUT2D eigenvalue weighted by atomic mass is 31.2. The number of hydrogen-bond acceptors (Lipinski definition) is 3. The van der Waals surface area contributed by atoms with Crippen molar-refractivity contribution in [2.24, 2.45) is 0 Å². The molecule has 0 aliphatic carbocycles. The van der Waals surface area contributed by atoms with Crippen LogP contribution < -0.4 is 5.09 Å². The third-order valence-corrected chi connectivity index (χ3v) is 3.95. The van der Waals surface area contributed by atoms with Crippen LogP contribution in [0, 0.1) is 6.92 Å². The zero-order chi connectivity index (χ0) is 13.8. The largest absolute Gasteiger partial charge is 0.433 e. The molecule has 0 spiro atoms. The minimum absolute atomic E-state index is 0.174. The van der Waals surface area contributed by atoms with E-state index in [0.717, 1.165) is 11.3 Å². The van der Waals surface area contributed by atoms with E-state index in [1.54, 1.807) is 0 Å². The highest BCUT2D eigenvalue weighted by Gasteiger charge is 2.27. The fourth-order valence-electron chi connectivity index (χ4n) is 1.42. The molecule has 0 atom stereocenters. The molecule has 5 heteroatoms. The van der Waals surface area contributed by atoms with Crippen LogP contribution in [0.4, 0.5) is 5.69 Å². The second kappa shape index (κ2) is 6.37. The van der Waals surface area contributed by atoms with Crippen LogP contribution in [0.1, 0.15) is 33.3 Å². The minimum atomic E-state index is -3.32. The van der Waals surface area contributed by atoms with Crippen LogP contribution in [0.3, 0.4) is 0 Å². The molecule has 4 nitrogen and oxygen atoms in total. The molecule has 0 fully saturated rings. The van der Waals surface area contributed by atoms with E-state index >= 15 is 0 Å². The quantitative estimate of drug-likeness (QED) is 0.781. The summed E-state index contributed by atoms with van der Waals surface area (Å²) in [6.07, 6.45) is -0.347. The summed E-state index contributed by atoms with van der Waals surface area (Å²) in [7, 11) is -3.32. The third kappa shape index (κ3) is 5.21. The van der Waals surface area contributed by atoms with Gasteiger partial charge in [0.15, 0.2) is 0 Å². The zero-order valence-electron chi connectivity index (χ0n) is 11.6. The standard InChI is InChI=1S/C13H22NO3P/c1-10(2)16-18(15,17-11(3)4)14-13-8-6-12(5)7-9-13/h6-11H,1-5H3,(H,14,15). The van der Waals surface area contributed by atoms with E-state index in [9.17, 15) is 4.57 Å². The molecule has 1 N–H and O–H groups in total. The van der Waals surface area contributed by atoms with Crippen molar-refractivity contribution < 1.29 is 13.6 Å². The van der Waals surface area contributed by atoms with Crippen molar-refractivity contribution >= 4 is 13.4 Å². The van der Waals surface area contributed by atoms with Gasteiger partial charge in [-0.25, -0.2) is 4.57 Å². The lowest BCUT2D eigenvalue weighted by Gasteiger charge is -2.23. The van der Waals surface area contributed by atoms with Crippen LogP contribution in [0.5, 0.6) is 0 Å².